The van der Waals surface area contributed by atoms with E-state index in [1.807, 2.05) is 79.0 Å². The van der Waals surface area contributed by atoms with E-state index >= 15 is 0 Å². The number of fused-ring (bicyclic) bond motifs is 1. The maximum Gasteiger partial charge on any atom is 0.338 e. The Morgan fingerprint density at radius 3 is 2.64 bits per heavy atom. The number of rotatable bonds is 6. The maximum atomic E-state index is 13.8. The maximum absolute atomic E-state index is 13.8. The smallest absolute Gasteiger partial charge is 0.338 e. The second kappa shape index (κ2) is 10.1. The van der Waals surface area contributed by atoms with Crippen molar-refractivity contribution in [3.05, 3.63) is 113 Å². The van der Waals surface area contributed by atoms with Gasteiger partial charge in [0.1, 0.15) is 5.75 Å². The molecule has 5 rings (SSSR count). The molecule has 0 aliphatic carbocycles. The minimum atomic E-state index is -0.725. The van der Waals surface area contributed by atoms with Crippen LogP contribution in [0.1, 0.15) is 34.5 Å². The number of benzene rings is 2. The molecule has 4 aromatic rings. The number of aromatic nitrogens is 1. The highest BCUT2D eigenvalue weighted by Crippen LogP contribution is 2.36. The van der Waals surface area contributed by atoms with E-state index < -0.39 is 12.0 Å². The Morgan fingerprint density at radius 2 is 1.94 bits per heavy atom. The molecule has 8 heteroatoms. The largest absolute Gasteiger partial charge is 0.497 e. The van der Waals surface area contributed by atoms with Crippen LogP contribution in [0, 0.1) is 6.92 Å². The van der Waals surface area contributed by atoms with Crippen LogP contribution in [0.4, 0.5) is 0 Å². The van der Waals surface area contributed by atoms with Crippen molar-refractivity contribution < 1.29 is 14.3 Å². The number of thiazole rings is 1. The van der Waals surface area contributed by atoms with Gasteiger partial charge in [0.25, 0.3) is 5.56 Å². The van der Waals surface area contributed by atoms with Crippen LogP contribution < -0.4 is 19.6 Å². The van der Waals surface area contributed by atoms with E-state index in [-0.39, 0.29) is 12.2 Å². The molecule has 0 saturated heterocycles. The highest BCUT2D eigenvalue weighted by Gasteiger charge is 2.35. The van der Waals surface area contributed by atoms with Crippen molar-refractivity contribution in [2.75, 3.05) is 13.7 Å². The molecule has 0 saturated carbocycles. The Hall–Kier alpha value is -3.75. The standard InChI is InChI=1S/C28H24N2O4S2/c1-4-34-27(32)23-24(18-9-6-5-7-10-18)29-28-30(25(23)19-11-8-12-20(15-19)33-3)26(31)22(36-28)16-21-17(2)13-14-35-21/h5-16,25H,4H2,1-3H3/b22-16+/t25-/m0/s1. The van der Waals surface area contributed by atoms with Gasteiger partial charge >= 0.3 is 5.97 Å². The lowest BCUT2D eigenvalue weighted by Crippen LogP contribution is -2.40. The lowest BCUT2D eigenvalue weighted by molar-refractivity contribution is -0.138. The molecule has 0 fully saturated rings. The molecular formula is C28H24N2O4S2. The molecule has 1 atom stereocenters. The topological polar surface area (TPSA) is 69.9 Å². The summed E-state index contributed by atoms with van der Waals surface area (Å²) in [5, 5.41) is 2.00. The third-order valence-corrected chi connectivity index (χ3v) is 7.90. The van der Waals surface area contributed by atoms with Gasteiger partial charge in [-0.05, 0) is 54.6 Å². The highest BCUT2D eigenvalue weighted by molar-refractivity contribution is 7.11. The average molecular weight is 517 g/mol. The number of methoxy groups -OCH3 is 1. The summed E-state index contributed by atoms with van der Waals surface area (Å²) in [6.07, 6.45) is 1.91. The molecule has 0 N–H and O–H groups in total. The zero-order valence-corrected chi connectivity index (χ0v) is 21.7. The summed E-state index contributed by atoms with van der Waals surface area (Å²) in [5.41, 5.74) is 3.24. The fraction of sp³-hybridized carbons (Fsp3) is 0.179. The Kier molecular flexibility index (Phi) is 6.71. The third kappa shape index (κ3) is 4.34. The van der Waals surface area contributed by atoms with Crippen molar-refractivity contribution in [3.8, 4) is 5.75 Å². The summed E-state index contributed by atoms with van der Waals surface area (Å²) in [6, 6.07) is 18.2. The first-order valence-corrected chi connectivity index (χ1v) is 13.2. The molecule has 0 unspecified atom stereocenters. The van der Waals surface area contributed by atoms with Gasteiger partial charge in [0.15, 0.2) is 4.80 Å². The van der Waals surface area contributed by atoms with Crippen LogP contribution in [0.2, 0.25) is 0 Å². The van der Waals surface area contributed by atoms with Crippen LogP contribution in [0.5, 0.6) is 5.75 Å². The quantitative estimate of drug-likeness (QED) is 0.358. The van der Waals surface area contributed by atoms with E-state index in [0.29, 0.717) is 26.4 Å². The lowest BCUT2D eigenvalue weighted by atomic mass is 9.93. The van der Waals surface area contributed by atoms with Crippen molar-refractivity contribution in [1.29, 1.82) is 0 Å². The van der Waals surface area contributed by atoms with Gasteiger partial charge < -0.3 is 9.47 Å². The zero-order valence-electron chi connectivity index (χ0n) is 20.1. The Labute approximate surface area is 216 Å². The van der Waals surface area contributed by atoms with Gasteiger partial charge in [-0.3, -0.25) is 9.36 Å². The van der Waals surface area contributed by atoms with Gasteiger partial charge in [0.2, 0.25) is 0 Å². The fourth-order valence-electron chi connectivity index (χ4n) is 4.22. The van der Waals surface area contributed by atoms with Gasteiger partial charge in [0, 0.05) is 10.4 Å². The summed E-state index contributed by atoms with van der Waals surface area (Å²) >= 11 is 2.90. The van der Waals surface area contributed by atoms with Gasteiger partial charge in [-0.15, -0.1) is 11.3 Å². The molecule has 0 spiro atoms. The Morgan fingerprint density at radius 1 is 1.14 bits per heavy atom. The predicted octanol–water partition coefficient (Wildman–Crippen LogP) is 4.31. The SMILES string of the molecule is CCOC(=O)C1=C(c2ccccc2)N=c2s/c(=C/c3sccc3C)c(=O)n2[C@H]1c1cccc(OC)c1. The highest BCUT2D eigenvalue weighted by atomic mass is 32.1. The van der Waals surface area contributed by atoms with Crippen molar-refractivity contribution in [3.63, 3.8) is 0 Å². The molecule has 6 nitrogen and oxygen atoms in total. The minimum Gasteiger partial charge on any atom is -0.497 e. The van der Waals surface area contributed by atoms with E-state index in [1.54, 1.807) is 29.9 Å². The first-order chi connectivity index (χ1) is 17.5. The average Bonchev–Trinajstić information content (AvgIpc) is 3.45. The number of carbonyl (C=O) groups excluding carboxylic acids is 1. The molecule has 182 valence electrons. The molecule has 1 aliphatic rings. The van der Waals surface area contributed by atoms with E-state index in [0.717, 1.165) is 21.6 Å². The van der Waals surface area contributed by atoms with E-state index in [1.165, 1.54) is 11.3 Å². The van der Waals surface area contributed by atoms with Gasteiger partial charge in [0.05, 0.1) is 35.6 Å². The summed E-state index contributed by atoms with van der Waals surface area (Å²) in [4.78, 5) is 33.7. The Bertz CT molecular complexity index is 1640. The number of ether oxygens (including phenoxy) is 2. The molecule has 1 aliphatic heterocycles. The van der Waals surface area contributed by atoms with Crippen molar-refractivity contribution >= 4 is 40.4 Å². The number of hydrogen-bond acceptors (Lipinski definition) is 7. The lowest BCUT2D eigenvalue weighted by Gasteiger charge is -2.26. The molecule has 0 amide bonds. The van der Waals surface area contributed by atoms with Gasteiger partial charge in [-0.1, -0.05) is 53.8 Å². The van der Waals surface area contributed by atoms with Crippen molar-refractivity contribution in [2.24, 2.45) is 4.99 Å². The monoisotopic (exact) mass is 516 g/mol. The van der Waals surface area contributed by atoms with Crippen molar-refractivity contribution in [1.82, 2.24) is 4.57 Å². The Balaban J connectivity index is 1.85. The number of esters is 1. The van der Waals surface area contributed by atoms with Gasteiger partial charge in [-0.25, -0.2) is 9.79 Å². The fourth-order valence-corrected chi connectivity index (χ4v) is 6.13. The summed E-state index contributed by atoms with van der Waals surface area (Å²) in [6.45, 7) is 3.99. The van der Waals surface area contributed by atoms with E-state index in [2.05, 4.69) is 0 Å². The van der Waals surface area contributed by atoms with Crippen LogP contribution >= 0.6 is 22.7 Å². The van der Waals surface area contributed by atoms with Crippen molar-refractivity contribution in [2.45, 2.75) is 19.9 Å². The number of aryl methyl sites for hydroxylation is 1. The minimum absolute atomic E-state index is 0.201. The number of nitrogens with zero attached hydrogens (tertiary/aromatic N) is 2. The van der Waals surface area contributed by atoms with Crippen LogP contribution in [-0.2, 0) is 9.53 Å². The molecule has 3 heterocycles. The van der Waals surface area contributed by atoms with Crippen LogP contribution in [0.25, 0.3) is 11.8 Å². The molecule has 0 bridgehead atoms. The first kappa shape index (κ1) is 24.0. The molecule has 2 aromatic heterocycles. The first-order valence-electron chi connectivity index (χ1n) is 11.5. The molecular weight excluding hydrogens is 492 g/mol. The second-order valence-corrected chi connectivity index (χ2v) is 10.1. The normalized spacial score (nSPS) is 15.4. The molecule has 2 aromatic carbocycles. The molecule has 36 heavy (non-hydrogen) atoms. The summed E-state index contributed by atoms with van der Waals surface area (Å²) < 4.78 is 13.1. The number of carbonyl (C=O) groups is 1. The van der Waals surface area contributed by atoms with Crippen LogP contribution in [0.3, 0.4) is 0 Å². The second-order valence-electron chi connectivity index (χ2n) is 8.18. The van der Waals surface area contributed by atoms with E-state index in [9.17, 15) is 9.59 Å². The van der Waals surface area contributed by atoms with Crippen LogP contribution in [0.15, 0.2) is 81.4 Å². The van der Waals surface area contributed by atoms with Gasteiger partial charge in [-0.2, -0.15) is 0 Å². The zero-order chi connectivity index (χ0) is 25.2. The predicted molar refractivity (Wildman–Crippen MR) is 143 cm³/mol. The summed E-state index contributed by atoms with van der Waals surface area (Å²) in [7, 11) is 1.59. The number of thiophene rings is 1. The third-order valence-electron chi connectivity index (χ3n) is 5.95. The van der Waals surface area contributed by atoms with E-state index in [4.69, 9.17) is 14.5 Å². The molecule has 0 radical (unpaired) electrons. The number of hydrogen-bond donors (Lipinski definition) is 0. The summed E-state index contributed by atoms with van der Waals surface area (Å²) in [5.74, 6) is 0.126. The van der Waals surface area contributed by atoms with Crippen LogP contribution in [-0.4, -0.2) is 24.3 Å².